The molecule has 3 aliphatic rings. The Morgan fingerprint density at radius 2 is 2.00 bits per heavy atom. The molecule has 0 spiro atoms. The zero-order chi connectivity index (χ0) is 25.8. The zero-order valence-electron chi connectivity index (χ0n) is 19.2. The largest absolute Gasteiger partial charge is 0.374 e. The molecule has 192 valence electrons. The van der Waals surface area contributed by atoms with Crippen LogP contribution in [0.25, 0.3) is 0 Å². The molecule has 2 aromatic rings. The van der Waals surface area contributed by atoms with Gasteiger partial charge >= 0.3 is 0 Å². The van der Waals surface area contributed by atoms with Crippen LogP contribution in [0.15, 0.2) is 34.2 Å². The van der Waals surface area contributed by atoms with Gasteiger partial charge in [0.2, 0.25) is 0 Å². The summed E-state index contributed by atoms with van der Waals surface area (Å²) in [7, 11) is -3.72. The Morgan fingerprint density at radius 3 is 2.61 bits per heavy atom. The summed E-state index contributed by atoms with van der Waals surface area (Å²) in [6, 6.07) is 6.17. The Hall–Kier alpha value is -2.86. The normalized spacial score (nSPS) is 22.4. The van der Waals surface area contributed by atoms with Crippen molar-refractivity contribution in [1.82, 2.24) is 4.98 Å². The minimum Gasteiger partial charge on any atom is -0.374 e. The van der Waals surface area contributed by atoms with Gasteiger partial charge in [-0.15, -0.1) is 0 Å². The van der Waals surface area contributed by atoms with Crippen molar-refractivity contribution >= 4 is 38.4 Å². The molecule has 1 aliphatic carbocycles. The number of ketones is 1. The number of aromatic nitrogens is 1. The lowest BCUT2D eigenvalue weighted by Crippen LogP contribution is -2.13. The highest BCUT2D eigenvalue weighted by molar-refractivity contribution is 7.90. The molecule has 1 aromatic heterocycles. The molecule has 1 saturated carbocycles. The van der Waals surface area contributed by atoms with E-state index in [0.29, 0.717) is 12.2 Å². The molecular weight excluding hydrogens is 502 g/mol. The number of carbonyl (C=O) groups excluding carboxylic acids is 1. The fourth-order valence-electron chi connectivity index (χ4n) is 4.56. The third-order valence-electron chi connectivity index (χ3n) is 6.52. The zero-order valence-corrected chi connectivity index (χ0v) is 20.0. The average molecular weight is 526 g/mol. The van der Waals surface area contributed by atoms with Crippen LogP contribution in [0.5, 0.6) is 0 Å². The number of Topliss-reactive ketones (excluding diaryl/α,β-unsaturated/α-hetero) is 1. The second-order valence-corrected chi connectivity index (χ2v) is 11.3. The third-order valence-corrected chi connectivity index (χ3v) is 7.66. The molecule has 7 nitrogen and oxygen atoms in total. The molecule has 0 bridgehead atoms. The van der Waals surface area contributed by atoms with E-state index in [1.807, 2.05) is 0 Å². The summed E-state index contributed by atoms with van der Waals surface area (Å²) in [5.41, 5.74) is 1.00. The van der Waals surface area contributed by atoms with Gasteiger partial charge in [-0.2, -0.15) is 0 Å². The van der Waals surface area contributed by atoms with Crippen LogP contribution in [0.4, 0.5) is 34.6 Å². The first-order valence-corrected chi connectivity index (χ1v) is 13.3. The van der Waals surface area contributed by atoms with Crippen LogP contribution >= 0.6 is 0 Å². The summed E-state index contributed by atoms with van der Waals surface area (Å²) in [6.45, 7) is 0.584. The van der Waals surface area contributed by atoms with Crippen molar-refractivity contribution in [2.45, 2.75) is 55.5 Å². The van der Waals surface area contributed by atoms with Gasteiger partial charge < -0.3 is 10.1 Å². The molecule has 1 aromatic carbocycles. The number of nitrogens with zero attached hydrogens (tertiary/aromatic N) is 2. The number of alkyl halides is 4. The number of hydrogen-bond acceptors (Lipinski definition) is 7. The SMILES string of the molecule is CS(=O)(=O)c1cc([C@H]2CCCO2)ccc1Nc1cc(CC(=O)[C@H]2CC2(F)F)nc2c1N=C(C(F)F)C2. The summed E-state index contributed by atoms with van der Waals surface area (Å²) in [6.07, 6.45) is -1.56. The molecule has 0 amide bonds. The molecule has 2 fully saturated rings. The Balaban J connectivity index is 1.52. The number of hydrogen-bond donors (Lipinski definition) is 1. The Kier molecular flexibility index (Phi) is 6.14. The van der Waals surface area contributed by atoms with Crippen LogP contribution in [0.3, 0.4) is 0 Å². The van der Waals surface area contributed by atoms with Crippen molar-refractivity contribution in [3.63, 3.8) is 0 Å². The van der Waals surface area contributed by atoms with Crippen molar-refractivity contribution < 1.29 is 35.5 Å². The highest BCUT2D eigenvalue weighted by Gasteiger charge is 2.60. The van der Waals surface area contributed by atoms with E-state index in [4.69, 9.17) is 4.74 Å². The monoisotopic (exact) mass is 525 g/mol. The van der Waals surface area contributed by atoms with Crippen molar-refractivity contribution in [2.24, 2.45) is 10.9 Å². The standard InChI is InChI=1S/C24H23F4N3O4S/c1-36(33,34)21-7-12(20-3-2-6-35-20)4-5-15(21)30-16-8-13(9-19(32)14-11-24(14,27)28)29-17-10-18(23(25)26)31-22(16)17/h4-5,7-8,14,20,23H,2-3,6,9-11H2,1H3,(H,29,30)/t14-,20-/m1/s1. The van der Waals surface area contributed by atoms with Crippen molar-refractivity contribution in [2.75, 3.05) is 18.2 Å². The average Bonchev–Trinajstić information content (AvgIpc) is 3.19. The van der Waals surface area contributed by atoms with Gasteiger partial charge in [0.05, 0.1) is 45.4 Å². The second kappa shape index (κ2) is 8.91. The molecule has 3 heterocycles. The number of rotatable bonds is 8. The van der Waals surface area contributed by atoms with Crippen LogP contribution < -0.4 is 5.32 Å². The molecule has 0 unspecified atom stereocenters. The van der Waals surface area contributed by atoms with Gasteiger partial charge in [-0.05, 0) is 36.6 Å². The molecule has 2 atom stereocenters. The van der Waals surface area contributed by atoms with E-state index in [9.17, 15) is 30.8 Å². The smallest absolute Gasteiger partial charge is 0.277 e. The maximum absolute atomic E-state index is 13.4. The number of carbonyl (C=O) groups is 1. The van der Waals surface area contributed by atoms with E-state index in [0.717, 1.165) is 19.1 Å². The Bertz CT molecular complexity index is 1370. The van der Waals surface area contributed by atoms with E-state index in [1.165, 1.54) is 12.1 Å². The number of ether oxygens (including phenoxy) is 1. The first kappa shape index (κ1) is 24.8. The van der Waals surface area contributed by atoms with Gasteiger partial charge in [-0.1, -0.05) is 6.07 Å². The fraction of sp³-hybridized carbons (Fsp3) is 0.458. The summed E-state index contributed by atoms with van der Waals surface area (Å²) >= 11 is 0. The van der Waals surface area contributed by atoms with E-state index in [-0.39, 0.29) is 45.9 Å². The number of sulfone groups is 1. The summed E-state index contributed by atoms with van der Waals surface area (Å²) < 4.78 is 84.3. The molecule has 2 aliphatic heterocycles. The van der Waals surface area contributed by atoms with Crippen molar-refractivity contribution in [1.29, 1.82) is 0 Å². The van der Waals surface area contributed by atoms with Crippen LogP contribution in [-0.4, -0.2) is 50.1 Å². The topological polar surface area (TPSA) is 97.7 Å². The van der Waals surface area contributed by atoms with E-state index in [1.54, 1.807) is 12.1 Å². The maximum Gasteiger partial charge on any atom is 0.277 e. The Morgan fingerprint density at radius 1 is 1.25 bits per heavy atom. The van der Waals surface area contributed by atoms with Gasteiger partial charge in [0, 0.05) is 32.1 Å². The second-order valence-electron chi connectivity index (χ2n) is 9.35. The van der Waals surface area contributed by atoms with Crippen molar-refractivity contribution in [3.8, 4) is 0 Å². The number of pyridine rings is 1. The molecule has 1 N–H and O–H groups in total. The predicted octanol–water partition coefficient (Wildman–Crippen LogP) is 4.74. The number of anilines is 2. The van der Waals surface area contributed by atoms with Crippen LogP contribution in [-0.2, 0) is 32.2 Å². The molecule has 0 radical (unpaired) electrons. The third kappa shape index (κ3) is 4.88. The minimum atomic E-state index is -3.72. The lowest BCUT2D eigenvalue weighted by atomic mass is 10.1. The predicted molar refractivity (Wildman–Crippen MR) is 124 cm³/mol. The highest BCUT2D eigenvalue weighted by Crippen LogP contribution is 2.49. The Labute approximate surface area is 204 Å². The fourth-order valence-corrected chi connectivity index (χ4v) is 5.43. The summed E-state index contributed by atoms with van der Waals surface area (Å²) in [5, 5.41) is 2.96. The quantitative estimate of drug-likeness (QED) is 0.500. The maximum atomic E-state index is 13.4. The van der Waals surface area contributed by atoms with Crippen LogP contribution in [0, 0.1) is 5.92 Å². The summed E-state index contributed by atoms with van der Waals surface area (Å²) in [4.78, 5) is 20.5. The first-order valence-electron chi connectivity index (χ1n) is 11.4. The molecule has 12 heteroatoms. The van der Waals surface area contributed by atoms with Gasteiger partial charge in [0.25, 0.3) is 12.3 Å². The van der Waals surface area contributed by atoms with E-state index >= 15 is 0 Å². The molecule has 36 heavy (non-hydrogen) atoms. The lowest BCUT2D eigenvalue weighted by molar-refractivity contribution is -0.121. The van der Waals surface area contributed by atoms with Gasteiger partial charge in [-0.3, -0.25) is 9.78 Å². The van der Waals surface area contributed by atoms with Gasteiger partial charge in [-0.25, -0.2) is 31.0 Å². The lowest BCUT2D eigenvalue weighted by Gasteiger charge is -2.17. The summed E-state index contributed by atoms with van der Waals surface area (Å²) in [5.74, 6) is -5.10. The number of benzene rings is 1. The van der Waals surface area contributed by atoms with Gasteiger partial charge in [0.1, 0.15) is 11.5 Å². The minimum absolute atomic E-state index is 0.0210. The number of aliphatic imine (C=N–C) groups is 1. The van der Waals surface area contributed by atoms with Crippen molar-refractivity contribution in [3.05, 3.63) is 41.2 Å². The van der Waals surface area contributed by atoms with E-state index in [2.05, 4.69) is 15.3 Å². The molecule has 1 saturated heterocycles. The van der Waals surface area contributed by atoms with Crippen LogP contribution in [0.2, 0.25) is 0 Å². The highest BCUT2D eigenvalue weighted by atomic mass is 32.2. The molecular formula is C24H23F4N3O4S. The molecule has 5 rings (SSSR count). The van der Waals surface area contributed by atoms with E-state index < -0.39 is 52.4 Å². The number of halogens is 4. The first-order chi connectivity index (χ1) is 16.9. The van der Waals surface area contributed by atoms with Gasteiger partial charge in [0.15, 0.2) is 9.84 Å². The van der Waals surface area contributed by atoms with Crippen LogP contribution in [0.1, 0.15) is 42.3 Å². The number of nitrogens with one attached hydrogen (secondary N) is 1. The number of fused-ring (bicyclic) bond motifs is 1.